The lowest BCUT2D eigenvalue weighted by Gasteiger charge is -2.23. The van der Waals surface area contributed by atoms with Gasteiger partial charge in [-0.15, -0.1) is 11.3 Å². The van der Waals surface area contributed by atoms with E-state index >= 15 is 0 Å². The Morgan fingerprint density at radius 2 is 1.92 bits per heavy atom. The normalized spacial score (nSPS) is 16.9. The molecule has 7 nitrogen and oxygen atoms in total. The number of nitrogens with zero attached hydrogens (tertiary/aromatic N) is 1. The van der Waals surface area contributed by atoms with Gasteiger partial charge in [-0.2, -0.15) is 0 Å². The Hall–Kier alpha value is -0.940. The molecule has 10 heteroatoms. The zero-order valence-corrected chi connectivity index (χ0v) is 17.3. The first kappa shape index (κ1) is 20.4. The van der Waals surface area contributed by atoms with Crippen LogP contribution in [0, 0.1) is 0 Å². The second-order valence-electron chi connectivity index (χ2n) is 6.85. The van der Waals surface area contributed by atoms with Crippen LogP contribution in [0.15, 0.2) is 20.7 Å². The number of hydrogen-bond acceptors (Lipinski definition) is 6. The van der Waals surface area contributed by atoms with E-state index in [1.165, 1.54) is 16.6 Å². The Bertz CT molecular complexity index is 849. The van der Waals surface area contributed by atoms with E-state index in [0.717, 1.165) is 24.3 Å². The van der Waals surface area contributed by atoms with Crippen molar-refractivity contribution in [1.29, 1.82) is 0 Å². The zero-order chi connectivity index (χ0) is 18.9. The molecule has 0 radical (unpaired) electrons. The van der Waals surface area contributed by atoms with Crippen LogP contribution in [0.3, 0.4) is 0 Å². The van der Waals surface area contributed by atoms with E-state index in [2.05, 4.69) is 10.0 Å². The third kappa shape index (κ3) is 4.82. The van der Waals surface area contributed by atoms with Gasteiger partial charge in [0.1, 0.15) is 8.42 Å². The Kier molecular flexibility index (Phi) is 5.99. The molecule has 1 aliphatic heterocycles. The van der Waals surface area contributed by atoms with Crippen molar-refractivity contribution in [2.24, 2.45) is 0 Å². The van der Waals surface area contributed by atoms with E-state index in [4.69, 9.17) is 0 Å². The van der Waals surface area contributed by atoms with E-state index in [9.17, 15) is 16.8 Å². The fourth-order valence-electron chi connectivity index (χ4n) is 2.30. The van der Waals surface area contributed by atoms with E-state index in [1.807, 2.05) is 6.92 Å². The molecule has 0 saturated heterocycles. The van der Waals surface area contributed by atoms with Gasteiger partial charge in [-0.05, 0) is 45.9 Å². The first-order valence-electron chi connectivity index (χ1n) is 8.06. The summed E-state index contributed by atoms with van der Waals surface area (Å²) in [5, 5.41) is 3.16. The molecule has 2 N–H and O–H groups in total. The van der Waals surface area contributed by atoms with Crippen molar-refractivity contribution >= 4 is 37.5 Å². The van der Waals surface area contributed by atoms with Crippen LogP contribution in [0.5, 0.6) is 0 Å². The summed E-state index contributed by atoms with van der Waals surface area (Å²) in [7, 11) is -7.49. The third-order valence-corrected chi connectivity index (χ3v) is 8.99. The summed E-state index contributed by atoms with van der Waals surface area (Å²) in [5.41, 5.74) is -0.230. The van der Waals surface area contributed by atoms with Gasteiger partial charge in [-0.25, -0.2) is 21.6 Å². The summed E-state index contributed by atoms with van der Waals surface area (Å²) in [6.45, 7) is 8.91. The standard InChI is InChI=1S/C15H25N3O4S3/c1-5-7-16-8-10-18-9-6-12-11-13(23-14(12)25(18,21)22)24(19,20)17-15(2,3)4/h6,9,11,16-17H,5,7-8,10H2,1-4H3. The van der Waals surface area contributed by atoms with Crippen molar-refractivity contribution in [1.82, 2.24) is 14.3 Å². The number of nitrogens with one attached hydrogen (secondary N) is 2. The minimum Gasteiger partial charge on any atom is -0.315 e. The molecule has 1 aliphatic rings. The van der Waals surface area contributed by atoms with Crippen LogP contribution in [0.25, 0.3) is 6.08 Å². The smallest absolute Gasteiger partial charge is 0.274 e. The zero-order valence-electron chi connectivity index (χ0n) is 14.9. The Morgan fingerprint density at radius 1 is 1.24 bits per heavy atom. The molecule has 0 aromatic carbocycles. The largest absolute Gasteiger partial charge is 0.315 e. The topological polar surface area (TPSA) is 95.6 Å². The summed E-state index contributed by atoms with van der Waals surface area (Å²) < 4.78 is 54.3. The van der Waals surface area contributed by atoms with Crippen molar-refractivity contribution in [3.63, 3.8) is 0 Å². The van der Waals surface area contributed by atoms with E-state index in [-0.39, 0.29) is 8.42 Å². The van der Waals surface area contributed by atoms with Crippen LogP contribution >= 0.6 is 11.3 Å². The van der Waals surface area contributed by atoms with Crippen molar-refractivity contribution < 1.29 is 16.8 Å². The third-order valence-electron chi connectivity index (χ3n) is 3.31. The molecule has 2 heterocycles. The number of thiophene rings is 1. The fraction of sp³-hybridized carbons (Fsp3) is 0.600. The number of rotatable bonds is 7. The summed E-state index contributed by atoms with van der Waals surface area (Å²) in [6.07, 6.45) is 4.11. The van der Waals surface area contributed by atoms with Gasteiger partial charge in [0.05, 0.1) is 0 Å². The molecular formula is C15H25N3O4S3. The quantitative estimate of drug-likeness (QED) is 0.672. The monoisotopic (exact) mass is 407 g/mol. The van der Waals surface area contributed by atoms with Gasteiger partial charge in [0.2, 0.25) is 0 Å². The van der Waals surface area contributed by atoms with Crippen molar-refractivity contribution in [3.05, 3.63) is 17.8 Å². The van der Waals surface area contributed by atoms with Crippen LogP contribution in [0.1, 0.15) is 39.7 Å². The maximum Gasteiger partial charge on any atom is 0.274 e. The molecule has 25 heavy (non-hydrogen) atoms. The molecular weight excluding hydrogens is 382 g/mol. The molecule has 0 bridgehead atoms. The van der Waals surface area contributed by atoms with Crippen LogP contribution in [-0.2, 0) is 20.0 Å². The van der Waals surface area contributed by atoms with Crippen molar-refractivity contribution in [2.45, 2.75) is 48.1 Å². The van der Waals surface area contributed by atoms with Gasteiger partial charge in [0, 0.05) is 30.4 Å². The molecule has 1 aromatic heterocycles. The molecule has 0 spiro atoms. The highest BCUT2D eigenvalue weighted by molar-refractivity contribution is 7.94. The van der Waals surface area contributed by atoms with E-state index in [1.54, 1.807) is 26.8 Å². The van der Waals surface area contributed by atoms with Crippen LogP contribution < -0.4 is 10.0 Å². The van der Waals surface area contributed by atoms with Gasteiger partial charge in [0.25, 0.3) is 20.0 Å². The minimum absolute atomic E-state index is 0.00612. The first-order valence-corrected chi connectivity index (χ1v) is 11.8. The van der Waals surface area contributed by atoms with Gasteiger partial charge in [0.15, 0.2) is 0 Å². The van der Waals surface area contributed by atoms with Gasteiger partial charge < -0.3 is 5.32 Å². The average molecular weight is 408 g/mol. The highest BCUT2D eigenvalue weighted by Crippen LogP contribution is 2.36. The maximum absolute atomic E-state index is 12.7. The average Bonchev–Trinajstić information content (AvgIpc) is 2.89. The lowest BCUT2D eigenvalue weighted by atomic mass is 10.1. The Morgan fingerprint density at radius 3 is 2.52 bits per heavy atom. The predicted molar refractivity (Wildman–Crippen MR) is 100 cm³/mol. The highest BCUT2D eigenvalue weighted by Gasteiger charge is 2.33. The van der Waals surface area contributed by atoms with Crippen LogP contribution in [0.2, 0.25) is 0 Å². The summed E-state index contributed by atoms with van der Waals surface area (Å²) in [6, 6.07) is 1.41. The molecule has 0 saturated carbocycles. The molecule has 0 amide bonds. The summed E-state index contributed by atoms with van der Waals surface area (Å²) in [5.74, 6) is 0. The Labute approximate surface area is 154 Å². The van der Waals surface area contributed by atoms with Gasteiger partial charge >= 0.3 is 0 Å². The molecule has 0 aliphatic carbocycles. The lowest BCUT2D eigenvalue weighted by molar-refractivity contribution is 0.485. The second kappa shape index (κ2) is 7.36. The maximum atomic E-state index is 12.7. The van der Waals surface area contributed by atoms with Crippen molar-refractivity contribution in [2.75, 3.05) is 19.6 Å². The number of sulfonamides is 2. The molecule has 0 unspecified atom stereocenters. The van der Waals surface area contributed by atoms with Gasteiger partial charge in [-0.1, -0.05) is 6.92 Å². The number of hydrogen-bond donors (Lipinski definition) is 2. The van der Waals surface area contributed by atoms with E-state index < -0.39 is 25.6 Å². The highest BCUT2D eigenvalue weighted by atomic mass is 32.3. The summed E-state index contributed by atoms with van der Waals surface area (Å²) >= 11 is 0.786. The van der Waals surface area contributed by atoms with E-state index in [0.29, 0.717) is 18.7 Å². The molecule has 0 fully saturated rings. The van der Waals surface area contributed by atoms with Crippen LogP contribution in [0.4, 0.5) is 0 Å². The SMILES string of the molecule is CCCNCCN1C=Cc2cc(S(=O)(=O)NC(C)(C)C)sc2S1(=O)=O. The molecule has 142 valence electrons. The molecule has 0 atom stereocenters. The predicted octanol–water partition coefficient (Wildman–Crippen LogP) is 1.80. The molecule has 2 rings (SSSR count). The number of fused-ring (bicyclic) bond motifs is 1. The molecule has 1 aromatic rings. The fourth-order valence-corrected chi connectivity index (χ4v) is 7.25. The lowest BCUT2D eigenvalue weighted by Crippen LogP contribution is -2.40. The first-order chi connectivity index (χ1) is 11.5. The van der Waals surface area contributed by atoms with Gasteiger partial charge in [-0.3, -0.25) is 4.31 Å². The summed E-state index contributed by atoms with van der Waals surface area (Å²) in [4.78, 5) is 0. The minimum atomic E-state index is -3.76. The second-order valence-corrected chi connectivity index (χ2v) is 11.9. The van der Waals surface area contributed by atoms with Crippen LogP contribution in [-0.4, -0.2) is 46.3 Å². The Balaban J connectivity index is 2.26. The van der Waals surface area contributed by atoms with Crippen molar-refractivity contribution in [3.8, 4) is 0 Å².